The Balaban J connectivity index is 1.90. The molecular formula is C26H25NO6. The van der Waals surface area contributed by atoms with Gasteiger partial charge in [0.25, 0.3) is 11.7 Å². The number of hydrogen-bond acceptors (Lipinski definition) is 6. The van der Waals surface area contributed by atoms with E-state index >= 15 is 0 Å². The highest BCUT2D eigenvalue weighted by Gasteiger charge is 2.49. The van der Waals surface area contributed by atoms with Gasteiger partial charge in [0.2, 0.25) is 0 Å². The van der Waals surface area contributed by atoms with E-state index < -0.39 is 17.7 Å². The van der Waals surface area contributed by atoms with Crippen molar-refractivity contribution in [1.29, 1.82) is 0 Å². The lowest BCUT2D eigenvalue weighted by Gasteiger charge is -2.25. The number of aliphatic hydroxyl groups is 1. The summed E-state index contributed by atoms with van der Waals surface area (Å²) in [5.41, 5.74) is 0.711. The summed E-state index contributed by atoms with van der Waals surface area (Å²) in [6, 6.07) is 16.2. The molecule has 1 atom stereocenters. The van der Waals surface area contributed by atoms with Crippen molar-refractivity contribution in [2.24, 2.45) is 0 Å². The number of aliphatic hydroxyl groups excluding tert-OH is 1. The van der Waals surface area contributed by atoms with Crippen LogP contribution in [-0.4, -0.2) is 30.5 Å². The molecule has 1 saturated heterocycles. The molecule has 1 N–H and O–H groups in total. The fourth-order valence-corrected chi connectivity index (χ4v) is 3.89. The van der Waals surface area contributed by atoms with Crippen molar-refractivity contribution < 1.29 is 28.6 Å². The number of amides is 1. The normalized spacial score (nSPS) is 17.4. The number of carbonyl (C=O) groups excluding carboxylic acids is 2. The first kappa shape index (κ1) is 22.2. The Kier molecular flexibility index (Phi) is 6.22. The van der Waals surface area contributed by atoms with Crippen LogP contribution in [0, 0.1) is 6.92 Å². The monoisotopic (exact) mass is 447 g/mol. The third-order valence-corrected chi connectivity index (χ3v) is 5.40. The Morgan fingerprint density at radius 1 is 1.09 bits per heavy atom. The van der Waals surface area contributed by atoms with E-state index in [1.54, 1.807) is 67.6 Å². The molecular weight excluding hydrogens is 422 g/mol. The fraction of sp³-hybridized carbons (Fsp3) is 0.231. The number of aryl methyl sites for hydroxylation is 1. The number of ketones is 1. The van der Waals surface area contributed by atoms with Crippen LogP contribution >= 0.6 is 0 Å². The number of para-hydroxylation sites is 2. The molecule has 0 spiro atoms. The Morgan fingerprint density at radius 3 is 2.58 bits per heavy atom. The number of nitrogens with zero attached hydrogens (tertiary/aromatic N) is 1. The van der Waals surface area contributed by atoms with E-state index in [0.29, 0.717) is 40.9 Å². The summed E-state index contributed by atoms with van der Waals surface area (Å²) in [5.74, 6) is 0.0681. The van der Waals surface area contributed by atoms with Crippen LogP contribution in [0.2, 0.25) is 0 Å². The van der Waals surface area contributed by atoms with E-state index in [2.05, 4.69) is 0 Å². The molecule has 170 valence electrons. The van der Waals surface area contributed by atoms with Gasteiger partial charge in [0, 0.05) is 5.56 Å². The second-order valence-corrected chi connectivity index (χ2v) is 7.67. The zero-order chi connectivity index (χ0) is 23.5. The van der Waals surface area contributed by atoms with Crippen LogP contribution in [-0.2, 0) is 9.59 Å². The predicted molar refractivity (Wildman–Crippen MR) is 123 cm³/mol. The number of ether oxygens (including phenoxy) is 2. The van der Waals surface area contributed by atoms with Gasteiger partial charge >= 0.3 is 0 Å². The molecule has 1 unspecified atom stereocenters. The highest BCUT2D eigenvalue weighted by molar-refractivity contribution is 6.51. The average Bonchev–Trinajstić information content (AvgIpc) is 3.38. The third kappa shape index (κ3) is 4.09. The van der Waals surface area contributed by atoms with E-state index in [1.165, 1.54) is 12.0 Å². The predicted octanol–water partition coefficient (Wildman–Crippen LogP) is 5.01. The second-order valence-electron chi connectivity index (χ2n) is 7.67. The topological polar surface area (TPSA) is 89.2 Å². The van der Waals surface area contributed by atoms with Gasteiger partial charge in [-0.2, -0.15) is 0 Å². The van der Waals surface area contributed by atoms with Gasteiger partial charge in [-0.05, 0) is 49.7 Å². The minimum atomic E-state index is -0.963. The Labute approximate surface area is 191 Å². The van der Waals surface area contributed by atoms with E-state index in [-0.39, 0.29) is 11.3 Å². The summed E-state index contributed by atoms with van der Waals surface area (Å²) >= 11 is 0. The molecule has 1 aliphatic rings. The van der Waals surface area contributed by atoms with Crippen molar-refractivity contribution in [3.05, 3.63) is 83.3 Å². The van der Waals surface area contributed by atoms with Crippen molar-refractivity contribution in [1.82, 2.24) is 0 Å². The zero-order valence-electron chi connectivity index (χ0n) is 18.7. The number of methoxy groups -OCH3 is 1. The number of anilines is 1. The Bertz CT molecular complexity index is 1220. The largest absolute Gasteiger partial charge is 0.507 e. The molecule has 33 heavy (non-hydrogen) atoms. The quantitative estimate of drug-likeness (QED) is 0.311. The SMILES string of the molecule is CCCOc1cccc(/C(O)=C2/C(=O)C(=O)N(c3ccccc3OC)C2c2ccc(C)o2)c1. The molecule has 0 aliphatic carbocycles. The lowest BCUT2D eigenvalue weighted by molar-refractivity contribution is -0.132. The van der Waals surface area contributed by atoms with Crippen molar-refractivity contribution in [2.45, 2.75) is 26.3 Å². The number of benzene rings is 2. The first-order chi connectivity index (χ1) is 16.0. The van der Waals surface area contributed by atoms with Crippen LogP contribution in [0.25, 0.3) is 5.76 Å². The maximum Gasteiger partial charge on any atom is 0.300 e. The zero-order valence-corrected chi connectivity index (χ0v) is 18.7. The number of rotatable bonds is 7. The molecule has 0 saturated carbocycles. The molecule has 7 nitrogen and oxygen atoms in total. The summed E-state index contributed by atoms with van der Waals surface area (Å²) in [6.07, 6.45) is 0.831. The van der Waals surface area contributed by atoms with E-state index in [1.807, 2.05) is 6.92 Å². The molecule has 2 aromatic carbocycles. The molecule has 0 radical (unpaired) electrons. The van der Waals surface area contributed by atoms with Crippen LogP contribution in [0.4, 0.5) is 5.69 Å². The number of furan rings is 1. The smallest absolute Gasteiger partial charge is 0.300 e. The maximum atomic E-state index is 13.2. The van der Waals surface area contributed by atoms with Gasteiger partial charge in [-0.1, -0.05) is 31.2 Å². The molecule has 1 aliphatic heterocycles. The molecule has 3 aromatic rings. The minimum Gasteiger partial charge on any atom is -0.507 e. The van der Waals surface area contributed by atoms with Crippen LogP contribution in [0.15, 0.2) is 70.7 Å². The molecule has 0 bridgehead atoms. The standard InChI is InChI=1S/C26H25NO6/c1-4-14-32-18-9-7-8-17(15-18)24(28)22-23(21-13-12-16(2)33-21)27(26(30)25(22)29)19-10-5-6-11-20(19)31-3/h5-13,15,23,28H,4,14H2,1-3H3/b24-22-. The van der Waals surface area contributed by atoms with Gasteiger partial charge in [0.15, 0.2) is 0 Å². The van der Waals surface area contributed by atoms with E-state index in [0.717, 1.165) is 6.42 Å². The Hall–Kier alpha value is -4.00. The third-order valence-electron chi connectivity index (χ3n) is 5.40. The van der Waals surface area contributed by atoms with Crippen LogP contribution in [0.5, 0.6) is 11.5 Å². The van der Waals surface area contributed by atoms with Gasteiger partial charge in [-0.25, -0.2) is 0 Å². The van der Waals surface area contributed by atoms with Gasteiger partial charge < -0.3 is 19.0 Å². The lowest BCUT2D eigenvalue weighted by atomic mass is 9.99. The molecule has 4 rings (SSSR count). The van der Waals surface area contributed by atoms with Crippen molar-refractivity contribution in [2.75, 3.05) is 18.6 Å². The van der Waals surface area contributed by atoms with Crippen LogP contribution in [0.3, 0.4) is 0 Å². The van der Waals surface area contributed by atoms with Gasteiger partial charge in [0.1, 0.15) is 34.8 Å². The van der Waals surface area contributed by atoms with Crippen LogP contribution in [0.1, 0.15) is 36.5 Å². The summed E-state index contributed by atoms with van der Waals surface area (Å²) in [5, 5.41) is 11.2. The van der Waals surface area contributed by atoms with Crippen molar-refractivity contribution >= 4 is 23.1 Å². The van der Waals surface area contributed by atoms with Crippen LogP contribution < -0.4 is 14.4 Å². The van der Waals surface area contributed by atoms with Crippen molar-refractivity contribution in [3.8, 4) is 11.5 Å². The summed E-state index contributed by atoms with van der Waals surface area (Å²) in [4.78, 5) is 27.8. The summed E-state index contributed by atoms with van der Waals surface area (Å²) in [7, 11) is 1.49. The van der Waals surface area contributed by atoms with E-state index in [4.69, 9.17) is 13.9 Å². The highest BCUT2D eigenvalue weighted by Crippen LogP contribution is 2.45. The highest BCUT2D eigenvalue weighted by atomic mass is 16.5. The molecule has 2 heterocycles. The van der Waals surface area contributed by atoms with Gasteiger partial charge in [0.05, 0.1) is 25.0 Å². The van der Waals surface area contributed by atoms with Crippen molar-refractivity contribution in [3.63, 3.8) is 0 Å². The second kappa shape index (κ2) is 9.24. The molecule has 1 fully saturated rings. The maximum absolute atomic E-state index is 13.2. The first-order valence-corrected chi connectivity index (χ1v) is 10.7. The fourth-order valence-electron chi connectivity index (χ4n) is 3.89. The van der Waals surface area contributed by atoms with Gasteiger partial charge in [-0.15, -0.1) is 0 Å². The Morgan fingerprint density at radius 2 is 1.88 bits per heavy atom. The minimum absolute atomic E-state index is 0.0621. The van der Waals surface area contributed by atoms with E-state index in [9.17, 15) is 14.7 Å². The number of carbonyl (C=O) groups is 2. The van der Waals surface area contributed by atoms with Gasteiger partial charge in [-0.3, -0.25) is 14.5 Å². The molecule has 1 aromatic heterocycles. The molecule has 1 amide bonds. The first-order valence-electron chi connectivity index (χ1n) is 10.7. The average molecular weight is 447 g/mol. The lowest BCUT2D eigenvalue weighted by Crippen LogP contribution is -2.29. The summed E-state index contributed by atoms with van der Waals surface area (Å²) < 4.78 is 16.9. The number of hydrogen-bond donors (Lipinski definition) is 1. The molecule has 7 heteroatoms. The number of Topliss-reactive ketones (excluding diaryl/α,β-unsaturated/α-hetero) is 1. The summed E-state index contributed by atoms with van der Waals surface area (Å²) in [6.45, 7) is 4.29.